The Hall–Kier alpha value is -0.450. The normalized spacial score (nSPS) is 24.0. The van der Waals surface area contributed by atoms with Crippen molar-refractivity contribution in [1.82, 2.24) is 10.3 Å². The molecule has 0 aromatic carbocycles. The maximum atomic E-state index is 5.37. The number of rotatable bonds is 2. The maximum absolute atomic E-state index is 5.37. The Bertz CT molecular complexity index is 329. The number of nitrogens with one attached hydrogen (secondary N) is 1. The Labute approximate surface area is 93.9 Å². The van der Waals surface area contributed by atoms with Gasteiger partial charge < -0.3 is 10.1 Å². The average molecular weight is 224 g/mol. The smallest absolute Gasteiger partial charge is 0.0984 e. The van der Waals surface area contributed by atoms with E-state index in [1.807, 2.05) is 11.3 Å². The molecule has 3 nitrogen and oxygen atoms in total. The van der Waals surface area contributed by atoms with Crippen LogP contribution in [-0.2, 0) is 4.74 Å². The number of ether oxygens (including phenoxy) is 1. The second kappa shape index (κ2) is 4.20. The molecule has 0 amide bonds. The molecular weight excluding hydrogens is 208 g/mol. The first-order valence-electron chi connectivity index (χ1n) is 5.67. The first-order chi connectivity index (χ1) is 7.43. The molecule has 0 atom stereocenters. The summed E-state index contributed by atoms with van der Waals surface area (Å²) in [5.41, 5.74) is 1.31. The van der Waals surface area contributed by atoms with Crippen LogP contribution in [0.4, 0.5) is 0 Å². The van der Waals surface area contributed by atoms with E-state index >= 15 is 0 Å². The van der Waals surface area contributed by atoms with Crippen LogP contribution in [0, 0.1) is 0 Å². The summed E-state index contributed by atoms with van der Waals surface area (Å²) in [6.45, 7) is 4.03. The molecule has 0 radical (unpaired) electrons. The lowest BCUT2D eigenvalue weighted by Crippen LogP contribution is -2.39. The Morgan fingerprint density at radius 3 is 2.73 bits per heavy atom. The van der Waals surface area contributed by atoms with Gasteiger partial charge in [0.2, 0.25) is 0 Å². The fourth-order valence-electron chi connectivity index (χ4n) is 2.13. The minimum Gasteiger partial charge on any atom is -0.381 e. The van der Waals surface area contributed by atoms with Crippen molar-refractivity contribution in [3.8, 4) is 0 Å². The van der Waals surface area contributed by atoms with Crippen LogP contribution in [-0.4, -0.2) is 31.3 Å². The molecule has 3 heterocycles. The van der Waals surface area contributed by atoms with Gasteiger partial charge in [-0.2, -0.15) is 0 Å². The number of hydrogen-bond acceptors (Lipinski definition) is 4. The fraction of sp³-hybridized carbons (Fsp3) is 0.727. The molecule has 0 spiro atoms. The zero-order valence-electron chi connectivity index (χ0n) is 8.74. The van der Waals surface area contributed by atoms with Gasteiger partial charge in [-0.05, 0) is 12.8 Å². The highest BCUT2D eigenvalue weighted by Gasteiger charge is 2.24. The summed E-state index contributed by atoms with van der Waals surface area (Å²) in [4.78, 5) is 4.78. The molecule has 2 aliphatic rings. The Morgan fingerprint density at radius 1 is 1.27 bits per heavy atom. The third-order valence-corrected chi connectivity index (χ3v) is 4.34. The SMILES string of the molecule is c1sc(C2CNC2)nc1C1CCOCC1. The molecule has 15 heavy (non-hydrogen) atoms. The molecule has 0 bridgehead atoms. The topological polar surface area (TPSA) is 34.2 Å². The monoisotopic (exact) mass is 224 g/mol. The van der Waals surface area contributed by atoms with Gasteiger partial charge in [-0.15, -0.1) is 11.3 Å². The zero-order chi connectivity index (χ0) is 10.1. The molecule has 2 saturated heterocycles. The molecule has 1 aromatic rings. The van der Waals surface area contributed by atoms with Crippen molar-refractivity contribution in [2.24, 2.45) is 0 Å². The molecule has 2 aliphatic heterocycles. The molecule has 1 aromatic heterocycles. The van der Waals surface area contributed by atoms with Crippen LogP contribution < -0.4 is 5.32 Å². The van der Waals surface area contributed by atoms with Gasteiger partial charge in [-0.25, -0.2) is 4.98 Å². The number of thiazole rings is 1. The number of nitrogens with zero attached hydrogens (tertiary/aromatic N) is 1. The van der Waals surface area contributed by atoms with Crippen LogP contribution in [0.1, 0.15) is 35.4 Å². The van der Waals surface area contributed by atoms with Crippen LogP contribution in [0.3, 0.4) is 0 Å². The second-order valence-electron chi connectivity index (χ2n) is 4.35. The minimum absolute atomic E-state index is 0.650. The highest BCUT2D eigenvalue weighted by molar-refractivity contribution is 7.09. The summed E-state index contributed by atoms with van der Waals surface area (Å²) in [5.74, 6) is 1.33. The predicted octanol–water partition coefficient (Wildman–Crippen LogP) is 1.72. The van der Waals surface area contributed by atoms with Crippen LogP contribution in [0.5, 0.6) is 0 Å². The maximum Gasteiger partial charge on any atom is 0.0984 e. The van der Waals surface area contributed by atoms with Crippen molar-refractivity contribution in [3.05, 3.63) is 16.1 Å². The van der Waals surface area contributed by atoms with E-state index in [-0.39, 0.29) is 0 Å². The van der Waals surface area contributed by atoms with Crippen LogP contribution >= 0.6 is 11.3 Å². The molecule has 2 fully saturated rings. The quantitative estimate of drug-likeness (QED) is 0.830. The molecule has 0 aliphatic carbocycles. The Balaban J connectivity index is 1.71. The lowest BCUT2D eigenvalue weighted by atomic mass is 9.97. The van der Waals surface area contributed by atoms with E-state index in [4.69, 9.17) is 9.72 Å². The van der Waals surface area contributed by atoms with Crippen LogP contribution in [0.15, 0.2) is 5.38 Å². The van der Waals surface area contributed by atoms with E-state index in [0.717, 1.165) is 39.1 Å². The van der Waals surface area contributed by atoms with Gasteiger partial charge >= 0.3 is 0 Å². The van der Waals surface area contributed by atoms with E-state index < -0.39 is 0 Å². The van der Waals surface area contributed by atoms with E-state index in [2.05, 4.69) is 10.7 Å². The molecule has 1 N–H and O–H groups in total. The molecule has 4 heteroatoms. The van der Waals surface area contributed by atoms with Crippen LogP contribution in [0.2, 0.25) is 0 Å². The van der Waals surface area contributed by atoms with Gasteiger partial charge in [0.25, 0.3) is 0 Å². The summed E-state index contributed by atoms with van der Waals surface area (Å²) in [5, 5.41) is 6.88. The third-order valence-electron chi connectivity index (χ3n) is 3.31. The van der Waals surface area contributed by atoms with Gasteiger partial charge in [-0.1, -0.05) is 0 Å². The van der Waals surface area contributed by atoms with Crippen molar-refractivity contribution >= 4 is 11.3 Å². The van der Waals surface area contributed by atoms with Gasteiger partial charge in [0.15, 0.2) is 0 Å². The summed E-state index contributed by atoms with van der Waals surface area (Å²) < 4.78 is 5.37. The Morgan fingerprint density at radius 2 is 2.07 bits per heavy atom. The first kappa shape index (κ1) is 9.75. The van der Waals surface area contributed by atoms with Crippen molar-refractivity contribution in [3.63, 3.8) is 0 Å². The van der Waals surface area contributed by atoms with Gasteiger partial charge in [0, 0.05) is 43.5 Å². The highest BCUT2D eigenvalue weighted by atomic mass is 32.1. The summed E-state index contributed by atoms with van der Waals surface area (Å²) in [6.07, 6.45) is 2.29. The molecule has 82 valence electrons. The summed E-state index contributed by atoms with van der Waals surface area (Å²) in [6, 6.07) is 0. The lowest BCUT2D eigenvalue weighted by Gasteiger charge is -2.25. The van der Waals surface area contributed by atoms with Gasteiger partial charge in [-0.3, -0.25) is 0 Å². The third kappa shape index (κ3) is 1.94. The molecule has 3 rings (SSSR count). The zero-order valence-corrected chi connectivity index (χ0v) is 9.55. The Kier molecular flexibility index (Phi) is 2.73. The van der Waals surface area contributed by atoms with E-state index in [1.165, 1.54) is 10.7 Å². The van der Waals surface area contributed by atoms with Crippen molar-refractivity contribution in [1.29, 1.82) is 0 Å². The summed E-state index contributed by atoms with van der Waals surface area (Å²) in [7, 11) is 0. The molecule has 0 unspecified atom stereocenters. The lowest BCUT2D eigenvalue weighted by molar-refractivity contribution is 0.0846. The fourth-order valence-corrected chi connectivity index (χ4v) is 3.14. The molecule has 0 saturated carbocycles. The van der Waals surface area contributed by atoms with E-state index in [9.17, 15) is 0 Å². The van der Waals surface area contributed by atoms with E-state index in [0.29, 0.717) is 11.8 Å². The second-order valence-corrected chi connectivity index (χ2v) is 5.24. The standard InChI is InChI=1S/C11H16N2OS/c1-3-14-4-2-8(1)10-7-15-11(13-10)9-5-12-6-9/h7-9,12H,1-6H2. The first-order valence-corrected chi connectivity index (χ1v) is 6.55. The van der Waals surface area contributed by atoms with Crippen molar-refractivity contribution in [2.45, 2.75) is 24.7 Å². The predicted molar refractivity (Wildman–Crippen MR) is 60.5 cm³/mol. The highest BCUT2D eigenvalue weighted by Crippen LogP contribution is 2.31. The van der Waals surface area contributed by atoms with Crippen molar-refractivity contribution < 1.29 is 4.74 Å². The van der Waals surface area contributed by atoms with Gasteiger partial charge in [0.1, 0.15) is 0 Å². The van der Waals surface area contributed by atoms with Gasteiger partial charge in [0.05, 0.1) is 10.7 Å². The number of aromatic nitrogens is 1. The average Bonchev–Trinajstić information content (AvgIpc) is 2.66. The summed E-state index contributed by atoms with van der Waals surface area (Å²) >= 11 is 1.84. The van der Waals surface area contributed by atoms with Crippen molar-refractivity contribution in [2.75, 3.05) is 26.3 Å². The van der Waals surface area contributed by atoms with Crippen LogP contribution in [0.25, 0.3) is 0 Å². The number of hydrogen-bond donors (Lipinski definition) is 1. The molecular formula is C11H16N2OS. The van der Waals surface area contributed by atoms with E-state index in [1.54, 1.807) is 0 Å². The largest absolute Gasteiger partial charge is 0.381 e. The minimum atomic E-state index is 0.650.